The Labute approximate surface area is 154 Å². The number of rotatable bonds is 4. The van der Waals surface area contributed by atoms with Crippen LogP contribution in [0.2, 0.25) is 0 Å². The molecule has 136 valence electrons. The molecule has 3 aromatic rings. The molecule has 1 aromatic carbocycles. The fourth-order valence-corrected chi connectivity index (χ4v) is 4.46. The highest BCUT2D eigenvalue weighted by atomic mass is 32.1. The van der Waals surface area contributed by atoms with Crippen LogP contribution in [0.1, 0.15) is 29.3 Å². The molecule has 1 unspecified atom stereocenters. The first kappa shape index (κ1) is 16.8. The quantitative estimate of drug-likeness (QED) is 0.758. The predicted octanol–water partition coefficient (Wildman–Crippen LogP) is 2.21. The van der Waals surface area contributed by atoms with Crippen LogP contribution in [-0.4, -0.2) is 34.0 Å². The van der Waals surface area contributed by atoms with Gasteiger partial charge in [-0.25, -0.2) is 9.78 Å². The molecular formula is C18H20N4O3S. The van der Waals surface area contributed by atoms with E-state index in [1.165, 1.54) is 11.3 Å². The highest BCUT2D eigenvalue weighted by molar-refractivity contribution is 7.15. The lowest BCUT2D eigenvalue weighted by molar-refractivity contribution is -0.132. The molecule has 0 fully saturated rings. The summed E-state index contributed by atoms with van der Waals surface area (Å²) in [6, 6.07) is 7.29. The van der Waals surface area contributed by atoms with Crippen molar-refractivity contribution >= 4 is 33.5 Å². The van der Waals surface area contributed by atoms with E-state index in [-0.39, 0.29) is 11.8 Å². The Hall–Kier alpha value is -2.61. The Bertz CT molecular complexity index is 1020. The number of oxazole rings is 1. The van der Waals surface area contributed by atoms with Gasteiger partial charge in [0.05, 0.1) is 17.1 Å². The lowest BCUT2D eigenvalue weighted by atomic mass is 9.90. The zero-order valence-corrected chi connectivity index (χ0v) is 15.3. The maximum absolute atomic E-state index is 12.9. The third kappa shape index (κ3) is 2.90. The van der Waals surface area contributed by atoms with E-state index in [1.54, 1.807) is 22.6 Å². The number of hydrogen-bond acceptors (Lipinski definition) is 6. The monoisotopic (exact) mass is 372 g/mol. The van der Waals surface area contributed by atoms with E-state index in [9.17, 15) is 9.59 Å². The summed E-state index contributed by atoms with van der Waals surface area (Å²) in [6.45, 7) is 0.810. The zero-order valence-electron chi connectivity index (χ0n) is 14.5. The third-order valence-corrected chi connectivity index (χ3v) is 5.84. The van der Waals surface area contributed by atoms with Crippen LogP contribution in [0.15, 0.2) is 33.5 Å². The van der Waals surface area contributed by atoms with Crippen LogP contribution in [0.25, 0.3) is 11.1 Å². The summed E-state index contributed by atoms with van der Waals surface area (Å²) in [5.41, 5.74) is 7.96. The van der Waals surface area contributed by atoms with Crippen molar-refractivity contribution in [1.29, 1.82) is 0 Å². The second-order valence-electron chi connectivity index (χ2n) is 6.55. The standard InChI is InChI=1S/C18H20N4O3S/c1-21(9-10-22-12-6-2-3-7-13(12)25-18(22)24)16(23)11-5-4-8-14-15(11)20-17(19)26-14/h2-3,6-7,11H,4-5,8-10H2,1H3,(H2,19,20). The maximum atomic E-state index is 12.9. The number of likely N-dealkylation sites (N-methyl/N-ethyl adjacent to an activating group) is 1. The number of amides is 1. The van der Waals surface area contributed by atoms with Crippen LogP contribution < -0.4 is 11.5 Å². The Kier molecular flexibility index (Phi) is 4.28. The molecule has 0 bridgehead atoms. The summed E-state index contributed by atoms with van der Waals surface area (Å²) in [4.78, 5) is 32.1. The lowest BCUT2D eigenvalue weighted by Crippen LogP contribution is -2.36. The molecule has 0 aliphatic heterocycles. The molecule has 8 heteroatoms. The minimum absolute atomic E-state index is 0.0251. The molecule has 1 aliphatic carbocycles. The summed E-state index contributed by atoms with van der Waals surface area (Å²) in [7, 11) is 1.76. The average Bonchev–Trinajstić information content (AvgIpc) is 3.16. The van der Waals surface area contributed by atoms with E-state index in [1.807, 2.05) is 18.2 Å². The number of nitrogens with zero attached hydrogens (tertiary/aromatic N) is 3. The fraction of sp³-hybridized carbons (Fsp3) is 0.389. The summed E-state index contributed by atoms with van der Waals surface area (Å²) in [6.07, 6.45) is 2.69. The number of anilines is 1. The average molecular weight is 372 g/mol. The summed E-state index contributed by atoms with van der Waals surface area (Å²) < 4.78 is 6.80. The minimum Gasteiger partial charge on any atom is -0.408 e. The molecule has 1 amide bonds. The van der Waals surface area contributed by atoms with E-state index >= 15 is 0 Å². The number of hydrogen-bond donors (Lipinski definition) is 1. The largest absolute Gasteiger partial charge is 0.420 e. The molecule has 1 aliphatic rings. The Morgan fingerprint density at radius 1 is 1.46 bits per heavy atom. The molecule has 7 nitrogen and oxygen atoms in total. The molecule has 2 aromatic heterocycles. The van der Waals surface area contributed by atoms with Gasteiger partial charge in [0.2, 0.25) is 5.91 Å². The van der Waals surface area contributed by atoms with Crippen molar-refractivity contribution in [3.8, 4) is 0 Å². The first-order valence-corrected chi connectivity index (χ1v) is 9.44. The van der Waals surface area contributed by atoms with Crippen molar-refractivity contribution in [3.05, 3.63) is 45.4 Å². The third-order valence-electron chi connectivity index (χ3n) is 4.88. The number of carbonyl (C=O) groups excluding carboxylic acids is 1. The zero-order chi connectivity index (χ0) is 18.3. The number of aryl methyl sites for hydroxylation is 1. The number of para-hydroxylation sites is 2. The van der Waals surface area contributed by atoms with Gasteiger partial charge >= 0.3 is 5.76 Å². The molecule has 0 saturated heterocycles. The second kappa shape index (κ2) is 6.60. The van der Waals surface area contributed by atoms with Crippen LogP contribution in [-0.2, 0) is 17.8 Å². The molecule has 0 radical (unpaired) electrons. The number of nitrogen functional groups attached to an aromatic ring is 1. The van der Waals surface area contributed by atoms with Gasteiger partial charge in [-0.1, -0.05) is 12.1 Å². The molecular weight excluding hydrogens is 352 g/mol. The maximum Gasteiger partial charge on any atom is 0.420 e. The van der Waals surface area contributed by atoms with Gasteiger partial charge < -0.3 is 15.1 Å². The number of benzene rings is 1. The molecule has 0 spiro atoms. The van der Waals surface area contributed by atoms with Gasteiger partial charge in [0.15, 0.2) is 10.7 Å². The van der Waals surface area contributed by atoms with Crippen molar-refractivity contribution in [2.45, 2.75) is 31.7 Å². The summed E-state index contributed by atoms with van der Waals surface area (Å²) >= 11 is 1.48. The van der Waals surface area contributed by atoms with E-state index in [0.717, 1.165) is 35.4 Å². The van der Waals surface area contributed by atoms with Gasteiger partial charge in [0.25, 0.3) is 0 Å². The van der Waals surface area contributed by atoms with Crippen LogP contribution in [0, 0.1) is 0 Å². The van der Waals surface area contributed by atoms with Crippen LogP contribution in [0.3, 0.4) is 0 Å². The number of thiazole rings is 1. The topological polar surface area (TPSA) is 94.4 Å². The number of carbonyl (C=O) groups is 1. The lowest BCUT2D eigenvalue weighted by Gasteiger charge is -2.26. The van der Waals surface area contributed by atoms with E-state index < -0.39 is 5.76 Å². The van der Waals surface area contributed by atoms with Crippen molar-refractivity contribution in [2.24, 2.45) is 0 Å². The van der Waals surface area contributed by atoms with Crippen molar-refractivity contribution < 1.29 is 9.21 Å². The Morgan fingerprint density at radius 2 is 2.27 bits per heavy atom. The van der Waals surface area contributed by atoms with Gasteiger partial charge in [-0.2, -0.15) is 0 Å². The van der Waals surface area contributed by atoms with E-state index in [2.05, 4.69) is 4.98 Å². The number of fused-ring (bicyclic) bond motifs is 2. The van der Waals surface area contributed by atoms with E-state index in [0.29, 0.717) is 23.8 Å². The molecule has 2 heterocycles. The summed E-state index contributed by atoms with van der Waals surface area (Å²) in [5, 5.41) is 0.522. The van der Waals surface area contributed by atoms with Crippen LogP contribution >= 0.6 is 11.3 Å². The molecule has 2 N–H and O–H groups in total. The second-order valence-corrected chi connectivity index (χ2v) is 7.67. The number of nitrogens with two attached hydrogens (primary N) is 1. The predicted molar refractivity (Wildman–Crippen MR) is 100 cm³/mol. The van der Waals surface area contributed by atoms with Gasteiger partial charge in [-0.05, 0) is 31.4 Å². The Morgan fingerprint density at radius 3 is 3.12 bits per heavy atom. The fourth-order valence-electron chi connectivity index (χ4n) is 3.53. The van der Waals surface area contributed by atoms with Crippen molar-refractivity contribution in [2.75, 3.05) is 19.3 Å². The highest BCUT2D eigenvalue weighted by Gasteiger charge is 2.31. The van der Waals surface area contributed by atoms with Crippen molar-refractivity contribution in [3.63, 3.8) is 0 Å². The van der Waals surface area contributed by atoms with E-state index in [4.69, 9.17) is 10.2 Å². The first-order chi connectivity index (χ1) is 12.5. The van der Waals surface area contributed by atoms with Crippen molar-refractivity contribution in [1.82, 2.24) is 14.5 Å². The number of aromatic nitrogens is 2. The molecule has 1 atom stereocenters. The Balaban J connectivity index is 1.50. The first-order valence-electron chi connectivity index (χ1n) is 8.63. The SMILES string of the molecule is CN(CCn1c(=O)oc2ccccc21)C(=O)C1CCCc2sc(N)nc21. The van der Waals surface area contributed by atoms with Gasteiger partial charge in [0.1, 0.15) is 0 Å². The smallest absolute Gasteiger partial charge is 0.408 e. The molecule has 0 saturated carbocycles. The molecule has 4 rings (SSSR count). The van der Waals surface area contributed by atoms with Crippen LogP contribution in [0.4, 0.5) is 5.13 Å². The minimum atomic E-state index is -0.403. The van der Waals surface area contributed by atoms with Gasteiger partial charge in [-0.15, -0.1) is 11.3 Å². The summed E-state index contributed by atoms with van der Waals surface area (Å²) in [5.74, 6) is -0.619. The van der Waals surface area contributed by atoms with Gasteiger partial charge in [-0.3, -0.25) is 9.36 Å². The molecule has 26 heavy (non-hydrogen) atoms. The van der Waals surface area contributed by atoms with Gasteiger partial charge in [0, 0.05) is 25.0 Å². The highest BCUT2D eigenvalue weighted by Crippen LogP contribution is 2.36. The normalized spacial score (nSPS) is 16.6. The van der Waals surface area contributed by atoms with Crippen LogP contribution in [0.5, 0.6) is 0 Å².